The monoisotopic (exact) mass is 428 g/mol. The van der Waals surface area contributed by atoms with Gasteiger partial charge >= 0.3 is 0 Å². The second-order valence-corrected chi connectivity index (χ2v) is 6.73. The lowest BCUT2D eigenvalue weighted by atomic mass is 10.1. The van der Waals surface area contributed by atoms with Crippen LogP contribution in [0.15, 0.2) is 40.4 Å². The molecule has 5 nitrogen and oxygen atoms in total. The highest BCUT2D eigenvalue weighted by Gasteiger charge is 2.14. The maximum atomic E-state index is 12.5. The van der Waals surface area contributed by atoms with Crippen molar-refractivity contribution in [2.45, 2.75) is 20.8 Å². The molecule has 0 fully saturated rings. The van der Waals surface area contributed by atoms with Gasteiger partial charge in [-0.2, -0.15) is 5.26 Å². The van der Waals surface area contributed by atoms with Crippen molar-refractivity contribution >= 4 is 33.6 Å². The first kappa shape index (κ1) is 20.5. The molecule has 1 amide bonds. The molecule has 0 aliphatic heterocycles. The van der Waals surface area contributed by atoms with E-state index < -0.39 is 5.91 Å². The summed E-state index contributed by atoms with van der Waals surface area (Å²) < 4.78 is 11.5. The SMILES string of the molecule is CCOc1cc(Br)c(/C=C(\C#N)C(=O)Nc2ccc(C)c(C)c2)cc1OC. The zero-order chi connectivity index (χ0) is 20.0. The van der Waals surface area contributed by atoms with Crippen LogP contribution in [-0.2, 0) is 4.79 Å². The smallest absolute Gasteiger partial charge is 0.266 e. The summed E-state index contributed by atoms with van der Waals surface area (Å²) in [4.78, 5) is 12.5. The lowest BCUT2D eigenvalue weighted by Gasteiger charge is -2.12. The summed E-state index contributed by atoms with van der Waals surface area (Å²) in [6, 6.07) is 11.0. The Balaban J connectivity index is 2.33. The molecule has 0 aliphatic carbocycles. The fraction of sp³-hybridized carbons (Fsp3) is 0.238. The van der Waals surface area contributed by atoms with E-state index in [1.165, 1.54) is 13.2 Å². The van der Waals surface area contributed by atoms with Crippen LogP contribution < -0.4 is 14.8 Å². The number of ether oxygens (including phenoxy) is 2. The van der Waals surface area contributed by atoms with Crippen LogP contribution in [0.4, 0.5) is 5.69 Å². The van der Waals surface area contributed by atoms with Gasteiger partial charge in [-0.3, -0.25) is 4.79 Å². The molecule has 0 bridgehead atoms. The van der Waals surface area contributed by atoms with Gasteiger partial charge in [0, 0.05) is 10.2 Å². The van der Waals surface area contributed by atoms with Crippen molar-refractivity contribution < 1.29 is 14.3 Å². The van der Waals surface area contributed by atoms with Crippen molar-refractivity contribution in [2.75, 3.05) is 19.0 Å². The van der Waals surface area contributed by atoms with Gasteiger partial charge in [0.25, 0.3) is 5.91 Å². The molecule has 0 atom stereocenters. The Labute approximate surface area is 167 Å². The van der Waals surface area contributed by atoms with Gasteiger partial charge in [-0.1, -0.05) is 22.0 Å². The van der Waals surface area contributed by atoms with E-state index in [2.05, 4.69) is 21.2 Å². The van der Waals surface area contributed by atoms with Crippen molar-refractivity contribution in [3.63, 3.8) is 0 Å². The number of rotatable bonds is 6. The summed E-state index contributed by atoms with van der Waals surface area (Å²) >= 11 is 3.45. The molecule has 2 aromatic carbocycles. The molecule has 6 heteroatoms. The minimum atomic E-state index is -0.472. The Morgan fingerprint density at radius 1 is 1.22 bits per heavy atom. The summed E-state index contributed by atoms with van der Waals surface area (Å²) in [7, 11) is 1.54. The van der Waals surface area contributed by atoms with E-state index in [0.29, 0.717) is 33.8 Å². The lowest BCUT2D eigenvalue weighted by molar-refractivity contribution is -0.112. The number of nitrogens with one attached hydrogen (secondary N) is 1. The number of hydrogen-bond acceptors (Lipinski definition) is 4. The van der Waals surface area contributed by atoms with E-state index in [-0.39, 0.29) is 5.57 Å². The van der Waals surface area contributed by atoms with Gasteiger partial charge in [-0.15, -0.1) is 0 Å². The van der Waals surface area contributed by atoms with Gasteiger partial charge < -0.3 is 14.8 Å². The summed E-state index contributed by atoms with van der Waals surface area (Å²) in [5.41, 5.74) is 3.47. The second kappa shape index (κ2) is 9.24. The number of aryl methyl sites for hydroxylation is 2. The molecule has 0 unspecified atom stereocenters. The fourth-order valence-corrected chi connectivity index (χ4v) is 2.85. The number of anilines is 1. The fourth-order valence-electron chi connectivity index (χ4n) is 2.41. The molecular weight excluding hydrogens is 408 g/mol. The van der Waals surface area contributed by atoms with Gasteiger partial charge in [-0.05, 0) is 67.8 Å². The quantitative estimate of drug-likeness (QED) is 0.517. The van der Waals surface area contributed by atoms with Gasteiger partial charge in [-0.25, -0.2) is 0 Å². The molecule has 0 aromatic heterocycles. The maximum Gasteiger partial charge on any atom is 0.266 e. The van der Waals surface area contributed by atoms with Crippen molar-refractivity contribution in [3.8, 4) is 17.6 Å². The van der Waals surface area contributed by atoms with Gasteiger partial charge in [0.1, 0.15) is 11.6 Å². The highest BCUT2D eigenvalue weighted by Crippen LogP contribution is 2.34. The zero-order valence-electron chi connectivity index (χ0n) is 15.7. The van der Waals surface area contributed by atoms with E-state index >= 15 is 0 Å². The number of nitriles is 1. The average Bonchev–Trinajstić information content (AvgIpc) is 2.64. The normalized spacial score (nSPS) is 10.9. The zero-order valence-corrected chi connectivity index (χ0v) is 17.3. The second-order valence-electron chi connectivity index (χ2n) is 5.88. The van der Waals surface area contributed by atoms with E-state index in [4.69, 9.17) is 9.47 Å². The third-order valence-corrected chi connectivity index (χ3v) is 4.70. The molecule has 2 rings (SSSR count). The van der Waals surface area contributed by atoms with E-state index in [0.717, 1.165) is 11.1 Å². The largest absolute Gasteiger partial charge is 0.493 e. The van der Waals surface area contributed by atoms with Crippen molar-refractivity contribution in [3.05, 3.63) is 57.1 Å². The predicted octanol–water partition coefficient (Wildman–Crippen LogP) is 5.02. The number of carbonyl (C=O) groups is 1. The van der Waals surface area contributed by atoms with Gasteiger partial charge in [0.05, 0.1) is 13.7 Å². The first-order chi connectivity index (χ1) is 12.9. The molecule has 27 heavy (non-hydrogen) atoms. The number of amides is 1. The number of carbonyl (C=O) groups excluding carboxylic acids is 1. The van der Waals surface area contributed by atoms with Crippen molar-refractivity contribution in [1.82, 2.24) is 0 Å². The number of hydrogen-bond donors (Lipinski definition) is 1. The minimum absolute atomic E-state index is 0.0138. The molecule has 1 N–H and O–H groups in total. The van der Waals surface area contributed by atoms with Crippen LogP contribution in [0.2, 0.25) is 0 Å². The number of nitrogens with zero attached hydrogens (tertiary/aromatic N) is 1. The van der Waals surface area contributed by atoms with Gasteiger partial charge in [0.2, 0.25) is 0 Å². The summed E-state index contributed by atoms with van der Waals surface area (Å²) in [5, 5.41) is 12.2. The number of halogens is 1. The molecule has 0 saturated carbocycles. The molecule has 0 radical (unpaired) electrons. The third-order valence-electron chi connectivity index (χ3n) is 4.01. The topological polar surface area (TPSA) is 71.3 Å². The van der Waals surface area contributed by atoms with E-state index in [1.807, 2.05) is 45.0 Å². The van der Waals surface area contributed by atoms with Crippen LogP contribution in [0.25, 0.3) is 6.08 Å². The Bertz CT molecular complexity index is 930. The number of methoxy groups -OCH3 is 1. The standard InChI is InChI=1S/C21H21BrN2O3/c1-5-27-20-11-18(22)15(10-19(20)26-4)9-16(12-23)21(25)24-17-7-6-13(2)14(3)8-17/h6-11H,5H2,1-4H3,(H,24,25)/b16-9+. The van der Waals surface area contributed by atoms with E-state index in [9.17, 15) is 10.1 Å². The third kappa shape index (κ3) is 5.11. The Morgan fingerprint density at radius 3 is 2.56 bits per heavy atom. The summed E-state index contributed by atoms with van der Waals surface area (Å²) in [5.74, 6) is 0.640. The molecule has 0 aliphatic rings. The van der Waals surface area contributed by atoms with E-state index in [1.54, 1.807) is 12.1 Å². The molecule has 0 spiro atoms. The van der Waals surface area contributed by atoms with Gasteiger partial charge in [0.15, 0.2) is 11.5 Å². The molecular formula is C21H21BrN2O3. The Morgan fingerprint density at radius 2 is 1.96 bits per heavy atom. The predicted molar refractivity (Wildman–Crippen MR) is 110 cm³/mol. The Kier molecular flexibility index (Phi) is 7.03. The molecule has 0 saturated heterocycles. The average molecular weight is 429 g/mol. The van der Waals surface area contributed by atoms with Crippen LogP contribution in [0.5, 0.6) is 11.5 Å². The van der Waals surface area contributed by atoms with Crippen LogP contribution in [0, 0.1) is 25.2 Å². The highest BCUT2D eigenvalue weighted by molar-refractivity contribution is 9.10. The highest BCUT2D eigenvalue weighted by atomic mass is 79.9. The van der Waals surface area contributed by atoms with Crippen LogP contribution in [-0.4, -0.2) is 19.6 Å². The summed E-state index contributed by atoms with van der Waals surface area (Å²) in [6.07, 6.45) is 1.51. The number of benzene rings is 2. The summed E-state index contributed by atoms with van der Waals surface area (Å²) in [6.45, 7) is 6.35. The van der Waals surface area contributed by atoms with Crippen molar-refractivity contribution in [2.24, 2.45) is 0 Å². The first-order valence-electron chi connectivity index (χ1n) is 8.40. The molecule has 2 aromatic rings. The van der Waals surface area contributed by atoms with Crippen molar-refractivity contribution in [1.29, 1.82) is 5.26 Å². The molecule has 0 heterocycles. The van der Waals surface area contributed by atoms with Crippen LogP contribution in [0.3, 0.4) is 0 Å². The molecule has 140 valence electrons. The Hall–Kier alpha value is -2.78. The maximum absolute atomic E-state index is 12.5. The first-order valence-corrected chi connectivity index (χ1v) is 9.19. The lowest BCUT2D eigenvalue weighted by Crippen LogP contribution is -2.13. The van der Waals surface area contributed by atoms with Crippen LogP contribution in [0.1, 0.15) is 23.6 Å². The van der Waals surface area contributed by atoms with Crippen LogP contribution >= 0.6 is 15.9 Å². The minimum Gasteiger partial charge on any atom is -0.493 e.